The molecule has 2 atom stereocenters. The summed E-state index contributed by atoms with van der Waals surface area (Å²) in [6.45, 7) is -0.567. The Morgan fingerprint density at radius 3 is 2.16 bits per heavy atom. The van der Waals surface area contributed by atoms with Crippen LogP contribution in [0.3, 0.4) is 0 Å². The van der Waals surface area contributed by atoms with Crippen LogP contribution >= 0.6 is 0 Å². The molecule has 1 unspecified atom stereocenters. The first kappa shape index (κ1) is 23.2. The first-order chi connectivity index (χ1) is 15.4. The molecule has 0 spiro atoms. The number of hydrogen-bond donors (Lipinski definition) is 4. The predicted molar refractivity (Wildman–Crippen MR) is 115 cm³/mol. The van der Waals surface area contributed by atoms with Gasteiger partial charge in [-0.15, -0.1) is 0 Å². The highest BCUT2D eigenvalue weighted by Crippen LogP contribution is 2.44. The number of hydrogen-bond acceptors (Lipinski definition) is 6. The molecule has 1 aliphatic carbocycles. The fourth-order valence-corrected chi connectivity index (χ4v) is 3.73. The van der Waals surface area contributed by atoms with Crippen molar-refractivity contribution >= 4 is 18.0 Å². The van der Waals surface area contributed by atoms with Gasteiger partial charge < -0.3 is 30.3 Å². The van der Waals surface area contributed by atoms with Gasteiger partial charge in [-0.05, 0) is 22.3 Å². The van der Waals surface area contributed by atoms with Gasteiger partial charge in [0, 0.05) is 19.6 Å². The van der Waals surface area contributed by atoms with Gasteiger partial charge in [-0.2, -0.15) is 0 Å². The summed E-state index contributed by atoms with van der Waals surface area (Å²) in [5, 5.41) is 22.6. The van der Waals surface area contributed by atoms with Crippen molar-refractivity contribution in [2.45, 2.75) is 24.5 Å². The van der Waals surface area contributed by atoms with Gasteiger partial charge in [-0.25, -0.2) is 9.59 Å². The zero-order valence-electron chi connectivity index (χ0n) is 17.6. The van der Waals surface area contributed by atoms with Crippen LogP contribution in [0.15, 0.2) is 48.5 Å². The Morgan fingerprint density at radius 1 is 1.03 bits per heavy atom. The van der Waals surface area contributed by atoms with Gasteiger partial charge >= 0.3 is 12.1 Å². The van der Waals surface area contributed by atoms with Crippen molar-refractivity contribution in [3.63, 3.8) is 0 Å². The molecule has 170 valence electrons. The van der Waals surface area contributed by atoms with Crippen LogP contribution in [-0.4, -0.2) is 67.2 Å². The summed E-state index contributed by atoms with van der Waals surface area (Å²) >= 11 is 0. The molecule has 0 saturated heterocycles. The molecule has 3 rings (SSSR count). The van der Waals surface area contributed by atoms with Gasteiger partial charge in [-0.1, -0.05) is 48.5 Å². The first-order valence-corrected chi connectivity index (χ1v) is 10.2. The van der Waals surface area contributed by atoms with Gasteiger partial charge in [-0.3, -0.25) is 4.79 Å². The minimum Gasteiger partial charge on any atom is -0.480 e. The molecule has 2 aromatic carbocycles. The van der Waals surface area contributed by atoms with Gasteiger partial charge in [0.15, 0.2) is 0 Å². The van der Waals surface area contributed by atoms with E-state index in [0.29, 0.717) is 0 Å². The van der Waals surface area contributed by atoms with E-state index < -0.39 is 36.7 Å². The topological polar surface area (TPSA) is 134 Å². The quantitative estimate of drug-likeness (QED) is 0.438. The summed E-state index contributed by atoms with van der Waals surface area (Å²) in [7, 11) is 1.37. The molecule has 0 radical (unpaired) electrons. The highest BCUT2D eigenvalue weighted by molar-refractivity contribution is 5.84. The monoisotopic (exact) mass is 442 g/mol. The lowest BCUT2D eigenvalue weighted by Gasteiger charge is -2.18. The molecule has 9 heteroatoms. The highest BCUT2D eigenvalue weighted by atomic mass is 16.5. The van der Waals surface area contributed by atoms with Gasteiger partial charge in [0.2, 0.25) is 5.91 Å². The summed E-state index contributed by atoms with van der Waals surface area (Å²) in [5.41, 5.74) is 4.46. The van der Waals surface area contributed by atoms with Gasteiger partial charge in [0.1, 0.15) is 12.6 Å². The normalized spacial score (nSPS) is 14.1. The Balaban J connectivity index is 1.51. The number of fused-ring (bicyclic) bond motifs is 3. The second-order valence-electron chi connectivity index (χ2n) is 7.41. The number of carboxylic acid groups (broad SMARTS) is 1. The lowest BCUT2D eigenvalue weighted by molar-refractivity contribution is -0.143. The van der Waals surface area contributed by atoms with E-state index in [0.717, 1.165) is 22.3 Å². The summed E-state index contributed by atoms with van der Waals surface area (Å²) in [6, 6.07) is 14.6. The van der Waals surface area contributed by atoms with Crippen LogP contribution in [0.5, 0.6) is 0 Å². The molecule has 1 aliphatic rings. The summed E-state index contributed by atoms with van der Waals surface area (Å²) in [5.74, 6) is -2.03. The van der Waals surface area contributed by atoms with Crippen molar-refractivity contribution in [3.05, 3.63) is 59.7 Å². The number of carbonyl (C=O) groups excluding carboxylic acids is 2. The molecule has 32 heavy (non-hydrogen) atoms. The van der Waals surface area contributed by atoms with Crippen molar-refractivity contribution in [1.29, 1.82) is 0 Å². The summed E-state index contributed by atoms with van der Waals surface area (Å²) in [4.78, 5) is 35.1. The maximum atomic E-state index is 12.2. The Morgan fingerprint density at radius 2 is 1.62 bits per heavy atom. The van der Waals surface area contributed by atoms with Crippen molar-refractivity contribution < 1.29 is 34.1 Å². The second-order valence-corrected chi connectivity index (χ2v) is 7.41. The number of aliphatic hydroxyl groups excluding tert-OH is 1. The Kier molecular flexibility index (Phi) is 7.80. The number of amides is 2. The maximum absolute atomic E-state index is 12.2. The zero-order valence-corrected chi connectivity index (χ0v) is 17.6. The van der Waals surface area contributed by atoms with Crippen LogP contribution in [0.4, 0.5) is 4.79 Å². The number of aliphatic carboxylic acids is 1. The van der Waals surface area contributed by atoms with Gasteiger partial charge in [0.05, 0.1) is 19.1 Å². The number of alkyl carbamates (subject to hydrolysis) is 1. The smallest absolute Gasteiger partial charge is 0.407 e. The molecule has 0 heterocycles. The van der Waals surface area contributed by atoms with E-state index in [-0.39, 0.29) is 25.5 Å². The van der Waals surface area contributed by atoms with E-state index in [4.69, 9.17) is 19.7 Å². The number of carbonyl (C=O) groups is 3. The van der Waals surface area contributed by atoms with Crippen molar-refractivity contribution in [1.82, 2.24) is 10.6 Å². The van der Waals surface area contributed by atoms with E-state index in [1.165, 1.54) is 7.11 Å². The lowest BCUT2D eigenvalue weighted by atomic mass is 9.98. The third-order valence-corrected chi connectivity index (χ3v) is 5.38. The van der Waals surface area contributed by atoms with Crippen molar-refractivity contribution in [2.75, 3.05) is 26.9 Å². The third-order valence-electron chi connectivity index (χ3n) is 5.38. The van der Waals surface area contributed by atoms with Crippen LogP contribution < -0.4 is 10.6 Å². The van der Waals surface area contributed by atoms with Crippen LogP contribution in [0.25, 0.3) is 11.1 Å². The molecule has 4 N–H and O–H groups in total. The van der Waals surface area contributed by atoms with Crippen molar-refractivity contribution in [3.8, 4) is 11.1 Å². The number of ether oxygens (including phenoxy) is 2. The number of nitrogens with one attached hydrogen (secondary N) is 2. The molecule has 2 amide bonds. The van der Waals surface area contributed by atoms with E-state index in [1.807, 2.05) is 48.5 Å². The second kappa shape index (κ2) is 10.7. The molecular formula is C23H26N2O7. The van der Waals surface area contributed by atoms with E-state index in [1.54, 1.807) is 0 Å². The first-order valence-electron chi connectivity index (χ1n) is 10.2. The Hall–Kier alpha value is -3.43. The number of benzene rings is 2. The Labute approximate surface area is 185 Å². The molecular weight excluding hydrogens is 416 g/mol. The fourth-order valence-electron chi connectivity index (χ4n) is 3.73. The molecule has 0 fully saturated rings. The van der Waals surface area contributed by atoms with E-state index in [9.17, 15) is 14.4 Å². The minimum absolute atomic E-state index is 0.00252. The number of carboxylic acids is 1. The fraction of sp³-hybridized carbons (Fsp3) is 0.348. The van der Waals surface area contributed by atoms with Crippen LogP contribution in [0.2, 0.25) is 0 Å². The van der Waals surface area contributed by atoms with Crippen LogP contribution in [0.1, 0.15) is 23.5 Å². The number of methoxy groups -OCH3 is 1. The Bertz CT molecular complexity index is 933. The standard InChI is InChI=1S/C23H26N2O7/c1-31-14(10-21(27)25-20(12-26)22(28)29)11-24-23(30)32-13-19-17-8-4-2-6-15(17)16-7-3-5-9-18(16)19/h2-9,14,19-20,26H,10-13H2,1H3,(H,24,30)(H,25,27)(H,28,29)/t14?,20-/m0/s1. The molecule has 9 nitrogen and oxygen atoms in total. The predicted octanol–water partition coefficient (Wildman–Crippen LogP) is 1.49. The van der Waals surface area contributed by atoms with Crippen molar-refractivity contribution in [2.24, 2.45) is 0 Å². The average molecular weight is 442 g/mol. The zero-order chi connectivity index (χ0) is 23.1. The minimum atomic E-state index is -1.39. The maximum Gasteiger partial charge on any atom is 0.407 e. The molecule has 0 aromatic heterocycles. The highest BCUT2D eigenvalue weighted by Gasteiger charge is 2.29. The van der Waals surface area contributed by atoms with E-state index >= 15 is 0 Å². The summed E-state index contributed by atoms with van der Waals surface area (Å²) < 4.78 is 10.6. The average Bonchev–Trinajstić information content (AvgIpc) is 3.12. The lowest BCUT2D eigenvalue weighted by Crippen LogP contribution is -2.45. The molecule has 0 aliphatic heterocycles. The SMILES string of the molecule is COC(CNC(=O)OCC1c2ccccc2-c2ccccc21)CC(=O)N[C@@H](CO)C(=O)O. The largest absolute Gasteiger partial charge is 0.480 e. The van der Waals surface area contributed by atoms with Crippen LogP contribution in [-0.2, 0) is 19.1 Å². The third kappa shape index (κ3) is 5.43. The molecule has 2 aromatic rings. The summed E-state index contributed by atoms with van der Waals surface area (Å²) in [6.07, 6.45) is -1.53. The van der Waals surface area contributed by atoms with Gasteiger partial charge in [0.25, 0.3) is 0 Å². The van der Waals surface area contributed by atoms with E-state index in [2.05, 4.69) is 10.6 Å². The number of rotatable bonds is 10. The number of aliphatic hydroxyl groups is 1. The molecule has 0 saturated carbocycles. The molecule has 0 bridgehead atoms. The van der Waals surface area contributed by atoms with Crippen LogP contribution in [0, 0.1) is 0 Å².